The van der Waals surface area contributed by atoms with Gasteiger partial charge < -0.3 is 11.8 Å². The quantitative estimate of drug-likeness (QED) is 0.397. The molecule has 0 bridgehead atoms. The van der Waals surface area contributed by atoms with E-state index in [0.29, 0.717) is 0 Å². The van der Waals surface area contributed by atoms with Gasteiger partial charge in [0.1, 0.15) is 6.54 Å². The summed E-state index contributed by atoms with van der Waals surface area (Å²) in [4.78, 5) is 0. The number of hydrogen-bond donors (Lipinski definition) is 0. The molecule has 0 aliphatic carbocycles. The topological polar surface area (TPSA) is 27.7 Å². The lowest BCUT2D eigenvalue weighted by molar-refractivity contribution is -0.697. The van der Waals surface area contributed by atoms with Crippen molar-refractivity contribution >= 4 is 0 Å². The van der Waals surface area contributed by atoms with E-state index in [1.165, 1.54) is 38.6 Å². The maximum atomic E-state index is 6.25. The molecule has 1 rings (SSSR count). The summed E-state index contributed by atoms with van der Waals surface area (Å²) in [7, 11) is 0. The minimum Gasteiger partial charge on any atom is -0.512 e. The van der Waals surface area contributed by atoms with Crippen molar-refractivity contribution < 1.29 is 4.57 Å². The fourth-order valence-electron chi connectivity index (χ4n) is 1.48. The average Bonchev–Trinajstić information content (AvgIpc) is 2.33. The van der Waals surface area contributed by atoms with Gasteiger partial charge in [0.25, 0.3) is 0 Å². The molecule has 0 N–H and O–H groups in total. The van der Waals surface area contributed by atoms with Gasteiger partial charge >= 0.3 is 0 Å². The van der Waals surface area contributed by atoms with Crippen LogP contribution in [0.25, 0.3) is 0 Å². The molecule has 0 aliphatic rings. The lowest BCUT2D eigenvalue weighted by Crippen LogP contribution is -2.32. The summed E-state index contributed by atoms with van der Waals surface area (Å²) < 4.78 is 2.26. The van der Waals surface area contributed by atoms with Crippen molar-refractivity contribution in [3.63, 3.8) is 0 Å². The van der Waals surface area contributed by atoms with E-state index < -0.39 is 0 Å². The normalized spacial score (nSPS) is 9.00. The van der Waals surface area contributed by atoms with E-state index in [9.17, 15) is 0 Å². The summed E-state index contributed by atoms with van der Waals surface area (Å²) in [5.41, 5.74) is 0. The van der Waals surface area contributed by atoms with Gasteiger partial charge in [-0.15, -0.1) is 0 Å². The Kier molecular flexibility index (Phi) is 9.75. The average molecular weight is 204 g/mol. The number of nitrogens with zero attached hydrogens (tertiary/aromatic N) is 2. The van der Waals surface area contributed by atoms with Crippen LogP contribution in [0, 0.1) is 11.8 Å². The van der Waals surface area contributed by atoms with Crippen LogP contribution in [-0.2, 0) is 6.54 Å². The molecule has 1 aromatic heterocycles. The number of hydrogen-bond acceptors (Lipinski definition) is 1. The van der Waals surface area contributed by atoms with Crippen molar-refractivity contribution in [2.24, 2.45) is 0 Å². The highest BCUT2D eigenvalue weighted by Gasteiger charge is 1.96. The smallest absolute Gasteiger partial charge is 0.168 e. The Bertz CT molecular complexity index is 241. The molecule has 0 fully saturated rings. The number of aryl methyl sites for hydroxylation is 1. The first-order valence-electron chi connectivity index (χ1n) is 5.60. The fraction of sp³-hybridized carbons (Fsp3) is 0.538. The molecular formula is C13H20N2. The molecule has 0 saturated heterocycles. The van der Waals surface area contributed by atoms with Gasteiger partial charge in [-0.2, -0.15) is 0 Å². The molecule has 0 aliphatic heterocycles. The zero-order valence-corrected chi connectivity index (χ0v) is 9.52. The van der Waals surface area contributed by atoms with Gasteiger partial charge in [-0.05, 0) is 6.42 Å². The molecule has 0 amide bonds. The van der Waals surface area contributed by atoms with Crippen LogP contribution in [-0.4, -0.2) is 0 Å². The number of pyridine rings is 1. The third kappa shape index (κ3) is 7.69. The lowest BCUT2D eigenvalue weighted by Gasteiger charge is -1.97. The summed E-state index contributed by atoms with van der Waals surface area (Å²) in [5.74, 6) is 0. The lowest BCUT2D eigenvalue weighted by atomic mass is 10.1. The Morgan fingerprint density at radius 3 is 2.13 bits per heavy atom. The van der Waals surface area contributed by atoms with Crippen LogP contribution in [0.3, 0.4) is 0 Å². The Balaban J connectivity index is 0.000000921. The monoisotopic (exact) mass is 204 g/mol. The minimum absolute atomic E-state index is 1.17. The van der Waals surface area contributed by atoms with E-state index in [1.807, 2.05) is 0 Å². The Hall–Kier alpha value is -1.36. The zero-order chi connectivity index (χ0) is 11.4. The van der Waals surface area contributed by atoms with Crippen molar-refractivity contribution in [1.29, 1.82) is 5.26 Å². The van der Waals surface area contributed by atoms with E-state index in [0.717, 1.165) is 0 Å². The molecule has 0 spiro atoms. The van der Waals surface area contributed by atoms with Gasteiger partial charge in [-0.25, -0.2) is 4.57 Å². The molecule has 0 atom stereocenters. The zero-order valence-electron chi connectivity index (χ0n) is 9.52. The van der Waals surface area contributed by atoms with E-state index in [4.69, 9.17) is 11.8 Å². The Morgan fingerprint density at radius 2 is 1.53 bits per heavy atom. The largest absolute Gasteiger partial charge is 0.512 e. The van der Waals surface area contributed by atoms with Crippen LogP contribution < -0.4 is 4.57 Å². The standard InChI is InChI=1S/C12H20N.CN/c1-2-3-4-5-7-10-13-11-8-6-9-12-13;1-2/h6,8-9,11-12H,2-5,7,10H2,1H3;/q+1;-1. The second-order valence-electron chi connectivity index (χ2n) is 3.53. The van der Waals surface area contributed by atoms with E-state index in [1.54, 1.807) is 0 Å². The molecule has 2 heteroatoms. The second kappa shape index (κ2) is 10.7. The first-order chi connectivity index (χ1) is 7.43. The summed E-state index contributed by atoms with van der Waals surface area (Å²) in [6.07, 6.45) is 11.1. The molecule has 1 aromatic rings. The highest BCUT2D eigenvalue weighted by Crippen LogP contribution is 2.01. The first-order valence-corrected chi connectivity index (χ1v) is 5.60. The highest BCUT2D eigenvalue weighted by molar-refractivity contribution is 4.83. The molecule has 15 heavy (non-hydrogen) atoms. The van der Waals surface area contributed by atoms with Gasteiger partial charge in [0.05, 0.1) is 0 Å². The maximum Gasteiger partial charge on any atom is 0.168 e. The minimum atomic E-state index is 1.17. The maximum absolute atomic E-state index is 6.25. The third-order valence-electron chi connectivity index (χ3n) is 2.30. The summed E-state index contributed by atoms with van der Waals surface area (Å²) in [6, 6.07) is 6.24. The van der Waals surface area contributed by atoms with Crippen LogP contribution in [0.4, 0.5) is 0 Å². The first kappa shape index (κ1) is 13.6. The predicted molar refractivity (Wildman–Crippen MR) is 60.4 cm³/mol. The summed E-state index contributed by atoms with van der Waals surface area (Å²) in [6.45, 7) is 8.18. The van der Waals surface area contributed by atoms with Crippen LogP contribution >= 0.6 is 0 Å². The SMILES string of the molecule is CCCCCCC[n+]1ccccc1.[C-]#N. The second-order valence-corrected chi connectivity index (χ2v) is 3.53. The highest BCUT2D eigenvalue weighted by atomic mass is 14.9. The summed E-state index contributed by atoms with van der Waals surface area (Å²) >= 11 is 0. The van der Waals surface area contributed by atoms with Gasteiger partial charge in [-0.3, -0.25) is 0 Å². The molecule has 0 saturated carbocycles. The molecule has 0 radical (unpaired) electrons. The van der Waals surface area contributed by atoms with Gasteiger partial charge in [0, 0.05) is 18.6 Å². The Morgan fingerprint density at radius 1 is 0.933 bits per heavy atom. The van der Waals surface area contributed by atoms with Crippen LogP contribution in [0.1, 0.15) is 39.0 Å². The van der Waals surface area contributed by atoms with Crippen molar-refractivity contribution in [2.45, 2.75) is 45.6 Å². The van der Waals surface area contributed by atoms with Crippen molar-refractivity contribution in [2.75, 3.05) is 0 Å². The molecule has 2 nitrogen and oxygen atoms in total. The van der Waals surface area contributed by atoms with Crippen molar-refractivity contribution in [1.82, 2.24) is 0 Å². The van der Waals surface area contributed by atoms with Gasteiger partial charge in [-0.1, -0.05) is 32.3 Å². The van der Waals surface area contributed by atoms with Crippen LogP contribution in [0.15, 0.2) is 30.6 Å². The fourth-order valence-corrected chi connectivity index (χ4v) is 1.48. The van der Waals surface area contributed by atoms with E-state index >= 15 is 0 Å². The van der Waals surface area contributed by atoms with E-state index in [-0.39, 0.29) is 0 Å². The molecule has 1 heterocycles. The molecular weight excluding hydrogens is 184 g/mol. The van der Waals surface area contributed by atoms with Gasteiger partial charge in [0.2, 0.25) is 0 Å². The van der Waals surface area contributed by atoms with Crippen molar-refractivity contribution in [3.8, 4) is 0 Å². The van der Waals surface area contributed by atoms with Crippen LogP contribution in [0.5, 0.6) is 0 Å². The van der Waals surface area contributed by atoms with Crippen molar-refractivity contribution in [3.05, 3.63) is 37.2 Å². The molecule has 0 unspecified atom stereocenters. The third-order valence-corrected chi connectivity index (χ3v) is 2.30. The Labute approximate surface area is 93.2 Å². The number of rotatable bonds is 6. The predicted octanol–water partition coefficient (Wildman–Crippen LogP) is 3.04. The number of unbranched alkanes of at least 4 members (excludes halogenated alkanes) is 4. The number of aromatic nitrogens is 1. The van der Waals surface area contributed by atoms with Crippen LogP contribution in [0.2, 0.25) is 0 Å². The molecule has 0 aromatic carbocycles. The molecule has 82 valence electrons. The van der Waals surface area contributed by atoms with Gasteiger partial charge in [0.15, 0.2) is 12.4 Å². The summed E-state index contributed by atoms with van der Waals surface area (Å²) in [5, 5.41) is 6.25. The van der Waals surface area contributed by atoms with E-state index in [2.05, 4.69) is 42.1 Å².